The maximum Gasteiger partial charge on any atom is 0.335 e. The lowest BCUT2D eigenvalue weighted by molar-refractivity contribution is 0.0696. The van der Waals surface area contributed by atoms with E-state index in [4.69, 9.17) is 5.11 Å². The van der Waals surface area contributed by atoms with Crippen LogP contribution in [0, 0.1) is 5.82 Å². The molecular weight excluding hydrogens is 259 g/mol. The number of nitrogens with zero attached hydrogens (tertiary/aromatic N) is 2. The van der Waals surface area contributed by atoms with Crippen LogP contribution < -0.4 is 0 Å². The molecule has 0 aliphatic carbocycles. The molecule has 1 aromatic carbocycles. The van der Waals surface area contributed by atoms with E-state index in [0.29, 0.717) is 12.1 Å². The van der Waals surface area contributed by atoms with Gasteiger partial charge in [-0.3, -0.25) is 4.90 Å². The Hall–Kier alpha value is -1.46. The number of hydrogen-bond donors (Lipinski definition) is 1. The quantitative estimate of drug-likeness (QED) is 0.794. The van der Waals surface area contributed by atoms with Crippen molar-refractivity contribution < 1.29 is 14.3 Å². The van der Waals surface area contributed by atoms with Gasteiger partial charge in [0.2, 0.25) is 0 Å². The van der Waals surface area contributed by atoms with E-state index >= 15 is 0 Å². The summed E-state index contributed by atoms with van der Waals surface area (Å²) in [6.45, 7) is 5.29. The first-order chi connectivity index (χ1) is 9.43. The minimum absolute atomic E-state index is 0.0121. The molecule has 0 atom stereocenters. The summed E-state index contributed by atoms with van der Waals surface area (Å²) < 4.78 is 13.9. The molecule has 0 heterocycles. The molecule has 1 rings (SSSR count). The third-order valence-corrected chi connectivity index (χ3v) is 3.22. The SMILES string of the molecule is CCN(CCCN(C)C)Cc1ccc(C(=O)O)cc1F. The molecule has 112 valence electrons. The van der Waals surface area contributed by atoms with Crippen molar-refractivity contribution in [3.63, 3.8) is 0 Å². The molecule has 20 heavy (non-hydrogen) atoms. The smallest absolute Gasteiger partial charge is 0.335 e. The number of carboxylic acid groups (broad SMARTS) is 1. The average Bonchev–Trinajstić information content (AvgIpc) is 2.38. The van der Waals surface area contributed by atoms with Gasteiger partial charge in [-0.2, -0.15) is 0 Å². The van der Waals surface area contributed by atoms with Crippen molar-refractivity contribution in [2.75, 3.05) is 33.7 Å². The number of carboxylic acids is 1. The van der Waals surface area contributed by atoms with Crippen molar-refractivity contribution in [3.05, 3.63) is 35.1 Å². The van der Waals surface area contributed by atoms with E-state index < -0.39 is 11.8 Å². The zero-order valence-corrected chi connectivity index (χ0v) is 12.4. The average molecular weight is 282 g/mol. The molecule has 0 saturated heterocycles. The van der Waals surface area contributed by atoms with Crippen LogP contribution in [-0.2, 0) is 6.54 Å². The van der Waals surface area contributed by atoms with Crippen LogP contribution >= 0.6 is 0 Å². The number of benzene rings is 1. The number of halogens is 1. The van der Waals surface area contributed by atoms with Crippen LogP contribution in [0.2, 0.25) is 0 Å². The van der Waals surface area contributed by atoms with Crippen LogP contribution in [0.1, 0.15) is 29.3 Å². The summed E-state index contributed by atoms with van der Waals surface area (Å²) in [5, 5.41) is 8.81. The van der Waals surface area contributed by atoms with E-state index in [2.05, 4.69) is 9.80 Å². The molecule has 0 unspecified atom stereocenters. The third kappa shape index (κ3) is 5.27. The highest BCUT2D eigenvalue weighted by Crippen LogP contribution is 2.13. The lowest BCUT2D eigenvalue weighted by atomic mass is 10.1. The molecule has 5 heteroatoms. The maximum atomic E-state index is 13.9. The predicted octanol–water partition coefficient (Wildman–Crippen LogP) is 2.30. The molecule has 0 saturated carbocycles. The largest absolute Gasteiger partial charge is 0.478 e. The zero-order chi connectivity index (χ0) is 15.1. The normalized spacial score (nSPS) is 11.3. The molecule has 0 amide bonds. The van der Waals surface area contributed by atoms with E-state index in [-0.39, 0.29) is 5.56 Å². The Labute approximate surface area is 119 Å². The fourth-order valence-electron chi connectivity index (χ4n) is 2.01. The summed E-state index contributed by atoms with van der Waals surface area (Å²) in [6.07, 6.45) is 1.02. The lowest BCUT2D eigenvalue weighted by Crippen LogP contribution is -2.27. The highest BCUT2D eigenvalue weighted by atomic mass is 19.1. The maximum absolute atomic E-state index is 13.9. The monoisotopic (exact) mass is 282 g/mol. The second-order valence-electron chi connectivity index (χ2n) is 5.14. The topological polar surface area (TPSA) is 43.8 Å². The van der Waals surface area contributed by atoms with E-state index in [9.17, 15) is 9.18 Å². The minimum Gasteiger partial charge on any atom is -0.478 e. The van der Waals surface area contributed by atoms with Gasteiger partial charge < -0.3 is 10.0 Å². The van der Waals surface area contributed by atoms with Gasteiger partial charge in [0.25, 0.3) is 0 Å². The van der Waals surface area contributed by atoms with Crippen molar-refractivity contribution in [2.45, 2.75) is 19.9 Å². The fraction of sp³-hybridized carbons (Fsp3) is 0.533. The van der Waals surface area contributed by atoms with E-state index in [1.165, 1.54) is 6.07 Å². The summed E-state index contributed by atoms with van der Waals surface area (Å²) in [4.78, 5) is 15.0. The Bertz CT molecular complexity index is 449. The summed E-state index contributed by atoms with van der Waals surface area (Å²) >= 11 is 0. The number of carbonyl (C=O) groups is 1. The van der Waals surface area contributed by atoms with Crippen molar-refractivity contribution in [1.29, 1.82) is 0 Å². The van der Waals surface area contributed by atoms with Gasteiger partial charge in [0.05, 0.1) is 5.56 Å². The summed E-state index contributed by atoms with van der Waals surface area (Å²) in [5.41, 5.74) is 0.531. The van der Waals surface area contributed by atoms with Gasteiger partial charge in [-0.05, 0) is 52.3 Å². The molecule has 0 fully saturated rings. The number of rotatable bonds is 8. The first-order valence-corrected chi connectivity index (χ1v) is 6.82. The highest BCUT2D eigenvalue weighted by Gasteiger charge is 2.11. The van der Waals surface area contributed by atoms with Gasteiger partial charge in [-0.25, -0.2) is 9.18 Å². The Morgan fingerprint density at radius 1 is 1.30 bits per heavy atom. The molecule has 0 aromatic heterocycles. The lowest BCUT2D eigenvalue weighted by Gasteiger charge is -2.21. The van der Waals surface area contributed by atoms with Crippen molar-refractivity contribution in [2.24, 2.45) is 0 Å². The van der Waals surface area contributed by atoms with Gasteiger partial charge >= 0.3 is 5.97 Å². The van der Waals surface area contributed by atoms with Gasteiger partial charge in [-0.15, -0.1) is 0 Å². The molecule has 0 radical (unpaired) electrons. The van der Waals surface area contributed by atoms with E-state index in [1.807, 2.05) is 21.0 Å². The van der Waals surface area contributed by atoms with Crippen molar-refractivity contribution in [3.8, 4) is 0 Å². The second-order valence-corrected chi connectivity index (χ2v) is 5.14. The summed E-state index contributed by atoms with van der Waals surface area (Å²) in [5.74, 6) is -1.55. The van der Waals surface area contributed by atoms with Crippen LogP contribution in [0.5, 0.6) is 0 Å². The molecule has 0 bridgehead atoms. The molecule has 4 nitrogen and oxygen atoms in total. The van der Waals surface area contributed by atoms with Crippen LogP contribution in [-0.4, -0.2) is 54.6 Å². The summed E-state index contributed by atoms with van der Waals surface area (Å²) in [6, 6.07) is 4.10. The van der Waals surface area contributed by atoms with Crippen LogP contribution in [0.4, 0.5) is 4.39 Å². The third-order valence-electron chi connectivity index (χ3n) is 3.22. The predicted molar refractivity (Wildman–Crippen MR) is 77.5 cm³/mol. The van der Waals surface area contributed by atoms with Gasteiger partial charge in [0, 0.05) is 12.1 Å². The Kier molecular flexibility index (Phi) is 6.61. The first kappa shape index (κ1) is 16.6. The second kappa shape index (κ2) is 7.97. The van der Waals surface area contributed by atoms with E-state index in [0.717, 1.165) is 32.1 Å². The summed E-state index contributed by atoms with van der Waals surface area (Å²) in [7, 11) is 4.06. The highest BCUT2D eigenvalue weighted by molar-refractivity contribution is 5.87. The molecule has 0 aliphatic rings. The first-order valence-electron chi connectivity index (χ1n) is 6.82. The van der Waals surface area contributed by atoms with Gasteiger partial charge in [0.1, 0.15) is 5.82 Å². The molecule has 0 spiro atoms. The molecular formula is C15H23FN2O2. The number of hydrogen-bond acceptors (Lipinski definition) is 3. The van der Waals surface area contributed by atoms with Crippen molar-refractivity contribution in [1.82, 2.24) is 9.80 Å². The molecule has 1 aromatic rings. The number of aromatic carboxylic acids is 1. The minimum atomic E-state index is -1.10. The van der Waals surface area contributed by atoms with E-state index in [1.54, 1.807) is 6.07 Å². The molecule has 0 aliphatic heterocycles. The van der Waals surface area contributed by atoms with Gasteiger partial charge in [0.15, 0.2) is 0 Å². The van der Waals surface area contributed by atoms with Crippen molar-refractivity contribution >= 4 is 5.97 Å². The standard InChI is InChI=1S/C15H23FN2O2/c1-4-18(9-5-8-17(2)3)11-13-7-6-12(15(19)20)10-14(13)16/h6-7,10H,4-5,8-9,11H2,1-3H3,(H,19,20). The zero-order valence-electron chi connectivity index (χ0n) is 12.4. The Morgan fingerprint density at radius 3 is 2.50 bits per heavy atom. The Morgan fingerprint density at radius 2 is 2.00 bits per heavy atom. The Balaban J connectivity index is 2.63. The van der Waals surface area contributed by atoms with Crippen LogP contribution in [0.3, 0.4) is 0 Å². The van der Waals surface area contributed by atoms with Gasteiger partial charge in [-0.1, -0.05) is 13.0 Å². The fourth-order valence-corrected chi connectivity index (χ4v) is 2.01. The van der Waals surface area contributed by atoms with Crippen LogP contribution in [0.25, 0.3) is 0 Å². The van der Waals surface area contributed by atoms with Crippen LogP contribution in [0.15, 0.2) is 18.2 Å². The molecule has 1 N–H and O–H groups in total.